The van der Waals surface area contributed by atoms with Crippen molar-refractivity contribution in [1.82, 2.24) is 10.4 Å². The van der Waals surface area contributed by atoms with Crippen molar-refractivity contribution in [2.24, 2.45) is 11.8 Å². The minimum Gasteiger partial charge on any atom is -0.271 e. The first-order valence-corrected chi connectivity index (χ1v) is 5.21. The van der Waals surface area contributed by atoms with E-state index in [4.69, 9.17) is 5.84 Å². The summed E-state index contributed by atoms with van der Waals surface area (Å²) in [7, 11) is 0. The normalized spacial score (nSPS) is 19.0. The van der Waals surface area contributed by atoms with Gasteiger partial charge in [-0.15, -0.1) is 0 Å². The Balaban J connectivity index is 2.17. The van der Waals surface area contributed by atoms with Crippen LogP contribution in [0.3, 0.4) is 0 Å². The van der Waals surface area contributed by atoms with Crippen molar-refractivity contribution in [3.8, 4) is 0 Å². The van der Waals surface area contributed by atoms with Crippen LogP contribution in [-0.4, -0.2) is 4.98 Å². The molecule has 1 aliphatic carbocycles. The lowest BCUT2D eigenvalue weighted by Crippen LogP contribution is -2.37. The number of nitrogens with one attached hydrogen (secondary N) is 1. The molecule has 0 aromatic carbocycles. The number of hydrogen-bond donors (Lipinski definition) is 2. The van der Waals surface area contributed by atoms with E-state index in [1.165, 1.54) is 19.3 Å². The van der Waals surface area contributed by atoms with Crippen LogP contribution < -0.4 is 11.3 Å². The van der Waals surface area contributed by atoms with Gasteiger partial charge in [-0.05, 0) is 37.8 Å². The summed E-state index contributed by atoms with van der Waals surface area (Å²) < 4.78 is 0. The second-order valence-electron chi connectivity index (χ2n) is 4.04. The number of aryl methyl sites for hydroxylation is 1. The highest BCUT2D eigenvalue weighted by Crippen LogP contribution is 2.36. The highest BCUT2D eigenvalue weighted by molar-refractivity contribution is 5.14. The third kappa shape index (κ3) is 1.79. The van der Waals surface area contributed by atoms with Gasteiger partial charge in [0.25, 0.3) is 0 Å². The number of nitrogens with zero attached hydrogens (tertiary/aromatic N) is 1. The first-order chi connectivity index (χ1) is 6.81. The van der Waals surface area contributed by atoms with Crippen LogP contribution in [-0.2, 0) is 0 Å². The number of hydrogen-bond acceptors (Lipinski definition) is 3. The molecule has 1 fully saturated rings. The van der Waals surface area contributed by atoms with Gasteiger partial charge in [-0.1, -0.05) is 12.5 Å². The van der Waals surface area contributed by atoms with Crippen LogP contribution in [0.2, 0.25) is 0 Å². The molecule has 1 atom stereocenters. The molecule has 1 aliphatic rings. The Labute approximate surface area is 84.7 Å². The number of aromatic nitrogens is 1. The minimum absolute atomic E-state index is 0.239. The Morgan fingerprint density at radius 1 is 1.50 bits per heavy atom. The summed E-state index contributed by atoms with van der Waals surface area (Å²) in [6, 6.07) is 6.35. The van der Waals surface area contributed by atoms with E-state index in [9.17, 15) is 0 Å². The van der Waals surface area contributed by atoms with E-state index >= 15 is 0 Å². The first-order valence-electron chi connectivity index (χ1n) is 5.21. The second-order valence-corrected chi connectivity index (χ2v) is 4.04. The lowest BCUT2D eigenvalue weighted by molar-refractivity contribution is 0.228. The fraction of sp³-hybridized carbons (Fsp3) is 0.545. The zero-order chi connectivity index (χ0) is 9.97. The summed E-state index contributed by atoms with van der Waals surface area (Å²) >= 11 is 0. The average Bonchev–Trinajstić information content (AvgIpc) is 2.10. The summed E-state index contributed by atoms with van der Waals surface area (Å²) in [5, 5.41) is 0. The van der Waals surface area contributed by atoms with Crippen LogP contribution >= 0.6 is 0 Å². The zero-order valence-electron chi connectivity index (χ0n) is 8.53. The molecular formula is C11H17N3. The van der Waals surface area contributed by atoms with Crippen molar-refractivity contribution < 1.29 is 0 Å². The Bertz CT molecular complexity index is 307. The lowest BCUT2D eigenvalue weighted by Gasteiger charge is -2.32. The number of pyridine rings is 1. The summed E-state index contributed by atoms with van der Waals surface area (Å²) in [4.78, 5) is 4.50. The van der Waals surface area contributed by atoms with E-state index in [1.807, 2.05) is 19.1 Å². The predicted molar refractivity (Wildman–Crippen MR) is 56.4 cm³/mol. The third-order valence-electron chi connectivity index (χ3n) is 3.03. The van der Waals surface area contributed by atoms with Gasteiger partial charge >= 0.3 is 0 Å². The highest BCUT2D eigenvalue weighted by atomic mass is 15.2. The van der Waals surface area contributed by atoms with Gasteiger partial charge in [0, 0.05) is 5.69 Å². The molecule has 0 bridgehead atoms. The Kier molecular flexibility index (Phi) is 2.79. The molecule has 3 nitrogen and oxygen atoms in total. The van der Waals surface area contributed by atoms with Crippen molar-refractivity contribution in [2.75, 3.05) is 0 Å². The van der Waals surface area contributed by atoms with Crippen LogP contribution in [0.15, 0.2) is 18.2 Å². The third-order valence-corrected chi connectivity index (χ3v) is 3.03. The van der Waals surface area contributed by atoms with Crippen molar-refractivity contribution >= 4 is 0 Å². The molecular weight excluding hydrogens is 174 g/mol. The van der Waals surface area contributed by atoms with E-state index in [1.54, 1.807) is 0 Å². The summed E-state index contributed by atoms with van der Waals surface area (Å²) in [5.74, 6) is 6.25. The van der Waals surface area contributed by atoms with Crippen molar-refractivity contribution in [3.63, 3.8) is 0 Å². The second kappa shape index (κ2) is 4.07. The largest absolute Gasteiger partial charge is 0.271 e. The topological polar surface area (TPSA) is 50.9 Å². The molecule has 76 valence electrons. The number of nitrogens with two attached hydrogens (primary N) is 1. The minimum atomic E-state index is 0.239. The van der Waals surface area contributed by atoms with Gasteiger partial charge in [-0.2, -0.15) is 0 Å². The van der Waals surface area contributed by atoms with Gasteiger partial charge in [0.05, 0.1) is 11.7 Å². The molecule has 1 aromatic heterocycles. The Morgan fingerprint density at radius 3 is 2.79 bits per heavy atom. The maximum atomic E-state index is 5.58. The molecule has 2 rings (SSSR count). The van der Waals surface area contributed by atoms with Gasteiger partial charge < -0.3 is 0 Å². The van der Waals surface area contributed by atoms with Gasteiger partial charge in [-0.3, -0.25) is 16.3 Å². The monoisotopic (exact) mass is 191 g/mol. The lowest BCUT2D eigenvalue weighted by atomic mass is 9.78. The van der Waals surface area contributed by atoms with Crippen LogP contribution in [0, 0.1) is 12.8 Å². The first kappa shape index (κ1) is 9.62. The molecule has 0 spiro atoms. The summed E-state index contributed by atoms with van der Waals surface area (Å²) in [6.45, 7) is 2.01. The molecule has 0 amide bonds. The standard InChI is InChI=1S/C11H17N3/c1-8-4-2-7-10(13-8)11(14-12)9-5-3-6-9/h2,4,7,9,11,14H,3,5-6,12H2,1H3. The molecule has 0 radical (unpaired) electrons. The quantitative estimate of drug-likeness (QED) is 0.564. The van der Waals surface area contributed by atoms with Gasteiger partial charge in [0.2, 0.25) is 0 Å². The predicted octanol–water partition coefficient (Wildman–Crippen LogP) is 1.69. The van der Waals surface area contributed by atoms with E-state index in [0.29, 0.717) is 5.92 Å². The van der Waals surface area contributed by atoms with Gasteiger partial charge in [0.1, 0.15) is 0 Å². The van der Waals surface area contributed by atoms with Gasteiger partial charge in [0.15, 0.2) is 0 Å². The molecule has 1 aromatic rings. The van der Waals surface area contributed by atoms with Crippen LogP contribution in [0.4, 0.5) is 0 Å². The molecule has 1 unspecified atom stereocenters. The maximum absolute atomic E-state index is 5.58. The Morgan fingerprint density at radius 2 is 2.29 bits per heavy atom. The zero-order valence-corrected chi connectivity index (χ0v) is 8.53. The molecule has 0 saturated heterocycles. The van der Waals surface area contributed by atoms with E-state index in [0.717, 1.165) is 11.4 Å². The van der Waals surface area contributed by atoms with Crippen LogP contribution in [0.5, 0.6) is 0 Å². The Hall–Kier alpha value is -0.930. The fourth-order valence-electron chi connectivity index (χ4n) is 1.97. The van der Waals surface area contributed by atoms with E-state index < -0.39 is 0 Å². The van der Waals surface area contributed by atoms with Crippen molar-refractivity contribution in [1.29, 1.82) is 0 Å². The van der Waals surface area contributed by atoms with Gasteiger partial charge in [-0.25, -0.2) is 0 Å². The van der Waals surface area contributed by atoms with Crippen molar-refractivity contribution in [2.45, 2.75) is 32.2 Å². The van der Waals surface area contributed by atoms with Crippen LogP contribution in [0.1, 0.15) is 36.7 Å². The fourth-order valence-corrected chi connectivity index (χ4v) is 1.97. The molecule has 1 saturated carbocycles. The maximum Gasteiger partial charge on any atom is 0.0660 e. The highest BCUT2D eigenvalue weighted by Gasteiger charge is 2.28. The molecule has 3 heteroatoms. The number of hydrazine groups is 1. The molecule has 3 N–H and O–H groups in total. The summed E-state index contributed by atoms with van der Waals surface area (Å²) in [5.41, 5.74) is 5.02. The average molecular weight is 191 g/mol. The SMILES string of the molecule is Cc1cccc(C(NN)C2CCC2)n1. The molecule has 1 heterocycles. The molecule has 0 aliphatic heterocycles. The van der Waals surface area contributed by atoms with E-state index in [-0.39, 0.29) is 6.04 Å². The van der Waals surface area contributed by atoms with E-state index in [2.05, 4.69) is 16.5 Å². The summed E-state index contributed by atoms with van der Waals surface area (Å²) in [6.07, 6.45) is 3.86. The smallest absolute Gasteiger partial charge is 0.0660 e. The van der Waals surface area contributed by atoms with Crippen molar-refractivity contribution in [3.05, 3.63) is 29.6 Å². The van der Waals surface area contributed by atoms with Crippen LogP contribution in [0.25, 0.3) is 0 Å². The number of rotatable bonds is 3. The molecule has 14 heavy (non-hydrogen) atoms.